The number of nitrogens with one attached hydrogen (secondary N) is 1. The normalized spacial score (nSPS) is 12.8. The lowest BCUT2D eigenvalue weighted by molar-refractivity contribution is -0.160. The highest BCUT2D eigenvalue weighted by atomic mass is 16.6. The van der Waals surface area contributed by atoms with E-state index in [9.17, 15) is 14.4 Å². The standard InChI is InChI=1S/C37H37NO7/c1-37(2,3)45-34(39)21-33(35(40)43-23-26-17-19-27(20-18-26)42-22-25-11-5-4-6-12-25)38-36(41)44-24-32-30-15-9-7-13-28(30)29-14-8-10-16-31(29)32/h4-20,32-33H,21-24H2,1-3H3,(H,38,41)/t33-/m0/s1. The van der Waals surface area contributed by atoms with E-state index >= 15 is 0 Å². The zero-order valence-corrected chi connectivity index (χ0v) is 25.7. The Morgan fingerprint density at radius 3 is 1.91 bits per heavy atom. The lowest BCUT2D eigenvalue weighted by Crippen LogP contribution is -2.44. The summed E-state index contributed by atoms with van der Waals surface area (Å²) in [6.45, 7) is 5.62. The Bertz CT molecular complexity index is 1580. The molecule has 1 aliphatic rings. The highest BCUT2D eigenvalue weighted by Crippen LogP contribution is 2.44. The maximum absolute atomic E-state index is 13.1. The van der Waals surface area contributed by atoms with E-state index < -0.39 is 36.1 Å². The number of benzene rings is 4. The molecule has 8 nitrogen and oxygen atoms in total. The van der Waals surface area contributed by atoms with Crippen molar-refractivity contribution < 1.29 is 33.3 Å². The summed E-state index contributed by atoms with van der Waals surface area (Å²) in [6, 6.07) is 31.7. The van der Waals surface area contributed by atoms with Crippen LogP contribution in [0.15, 0.2) is 103 Å². The number of hydrogen-bond donors (Lipinski definition) is 1. The minimum atomic E-state index is -1.30. The van der Waals surface area contributed by atoms with Crippen LogP contribution in [0.25, 0.3) is 11.1 Å². The van der Waals surface area contributed by atoms with Crippen LogP contribution in [0.2, 0.25) is 0 Å². The summed E-state index contributed by atoms with van der Waals surface area (Å²) in [6.07, 6.45) is -1.24. The molecule has 0 spiro atoms. The fourth-order valence-corrected chi connectivity index (χ4v) is 5.20. The van der Waals surface area contributed by atoms with E-state index in [1.165, 1.54) is 0 Å². The number of hydrogen-bond acceptors (Lipinski definition) is 7. The molecule has 0 saturated carbocycles. The molecule has 4 aromatic rings. The second-order valence-electron chi connectivity index (χ2n) is 11.8. The van der Waals surface area contributed by atoms with Crippen LogP contribution < -0.4 is 10.1 Å². The number of fused-ring (bicyclic) bond motifs is 3. The van der Waals surface area contributed by atoms with Gasteiger partial charge in [0.05, 0.1) is 6.42 Å². The highest BCUT2D eigenvalue weighted by molar-refractivity contribution is 5.86. The van der Waals surface area contributed by atoms with Crippen LogP contribution in [0.1, 0.15) is 55.4 Å². The van der Waals surface area contributed by atoms with Crippen molar-refractivity contribution in [2.75, 3.05) is 6.61 Å². The Labute approximate surface area is 263 Å². The predicted octanol–water partition coefficient (Wildman–Crippen LogP) is 6.95. The van der Waals surface area contributed by atoms with Crippen molar-refractivity contribution in [3.8, 4) is 16.9 Å². The summed E-state index contributed by atoms with van der Waals surface area (Å²) in [5.41, 5.74) is 5.33. The number of esters is 2. The van der Waals surface area contributed by atoms with Crippen molar-refractivity contribution in [1.82, 2.24) is 5.32 Å². The zero-order valence-electron chi connectivity index (χ0n) is 25.7. The first-order chi connectivity index (χ1) is 21.7. The first kappa shape index (κ1) is 31.3. The van der Waals surface area contributed by atoms with Crippen molar-refractivity contribution in [1.29, 1.82) is 0 Å². The monoisotopic (exact) mass is 607 g/mol. The minimum absolute atomic E-state index is 0.0605. The van der Waals surface area contributed by atoms with Gasteiger partial charge in [0.15, 0.2) is 0 Å². The van der Waals surface area contributed by atoms with E-state index in [1.54, 1.807) is 45.0 Å². The Morgan fingerprint density at radius 2 is 1.29 bits per heavy atom. The fourth-order valence-electron chi connectivity index (χ4n) is 5.20. The number of ether oxygens (including phenoxy) is 4. The Balaban J connectivity index is 1.19. The molecule has 0 aliphatic heterocycles. The number of rotatable bonds is 11. The van der Waals surface area contributed by atoms with E-state index in [1.807, 2.05) is 78.9 Å². The van der Waals surface area contributed by atoms with Crippen LogP contribution >= 0.6 is 0 Å². The van der Waals surface area contributed by atoms with Gasteiger partial charge in [-0.3, -0.25) is 4.79 Å². The summed E-state index contributed by atoms with van der Waals surface area (Å²) < 4.78 is 22.3. The number of alkyl carbamates (subject to hydrolysis) is 1. The molecule has 1 aliphatic carbocycles. The molecular formula is C37H37NO7. The highest BCUT2D eigenvalue weighted by Gasteiger charge is 2.31. The van der Waals surface area contributed by atoms with Gasteiger partial charge in [0.1, 0.15) is 37.2 Å². The molecule has 1 atom stereocenters. The SMILES string of the molecule is CC(C)(C)OC(=O)C[C@H](NC(=O)OCC1c2ccccc2-c2ccccc21)C(=O)OCc1ccc(OCc2ccccc2)cc1. The van der Waals surface area contributed by atoms with E-state index in [4.69, 9.17) is 18.9 Å². The van der Waals surface area contributed by atoms with E-state index in [0.717, 1.165) is 27.8 Å². The maximum Gasteiger partial charge on any atom is 0.407 e. The molecule has 5 rings (SSSR count). The first-order valence-electron chi connectivity index (χ1n) is 14.9. The second-order valence-corrected chi connectivity index (χ2v) is 11.8. The largest absolute Gasteiger partial charge is 0.489 e. The van der Waals surface area contributed by atoms with Gasteiger partial charge in [-0.25, -0.2) is 9.59 Å². The molecule has 0 saturated heterocycles. The maximum atomic E-state index is 13.1. The molecule has 45 heavy (non-hydrogen) atoms. The average Bonchev–Trinajstić information content (AvgIpc) is 3.35. The Hall–Kier alpha value is -5.11. The van der Waals surface area contributed by atoms with Crippen LogP contribution in [0.4, 0.5) is 4.79 Å². The molecule has 1 amide bonds. The van der Waals surface area contributed by atoms with Crippen molar-refractivity contribution in [3.05, 3.63) is 125 Å². The third-order valence-electron chi connectivity index (χ3n) is 7.26. The summed E-state index contributed by atoms with van der Waals surface area (Å²) in [5.74, 6) is -0.908. The topological polar surface area (TPSA) is 100 Å². The number of amides is 1. The second kappa shape index (κ2) is 14.1. The Kier molecular flexibility index (Phi) is 9.82. The van der Waals surface area contributed by atoms with E-state index in [2.05, 4.69) is 5.32 Å². The van der Waals surface area contributed by atoms with Crippen LogP contribution in [0.5, 0.6) is 5.75 Å². The van der Waals surface area contributed by atoms with E-state index in [0.29, 0.717) is 17.9 Å². The molecule has 0 unspecified atom stereocenters. The van der Waals surface area contributed by atoms with Crippen molar-refractivity contribution in [2.45, 2.75) is 58.0 Å². The van der Waals surface area contributed by atoms with Gasteiger partial charge in [-0.15, -0.1) is 0 Å². The molecule has 0 fully saturated rings. The summed E-state index contributed by atoms with van der Waals surface area (Å²) in [4.78, 5) is 38.8. The van der Waals surface area contributed by atoms with Crippen LogP contribution in [0.3, 0.4) is 0 Å². The lowest BCUT2D eigenvalue weighted by Gasteiger charge is -2.22. The molecule has 0 heterocycles. The molecular weight excluding hydrogens is 570 g/mol. The van der Waals surface area contributed by atoms with Gasteiger partial charge in [0, 0.05) is 5.92 Å². The van der Waals surface area contributed by atoms with Crippen LogP contribution in [0, 0.1) is 0 Å². The molecule has 0 aromatic heterocycles. The molecule has 1 N–H and O–H groups in total. The Morgan fingerprint density at radius 1 is 0.711 bits per heavy atom. The third kappa shape index (κ3) is 8.50. The first-order valence-corrected chi connectivity index (χ1v) is 14.9. The smallest absolute Gasteiger partial charge is 0.407 e. The van der Waals surface area contributed by atoms with Crippen LogP contribution in [-0.4, -0.2) is 36.3 Å². The zero-order chi connectivity index (χ0) is 31.8. The van der Waals surface area contributed by atoms with Gasteiger partial charge in [-0.2, -0.15) is 0 Å². The van der Waals surface area contributed by atoms with Gasteiger partial charge in [0.2, 0.25) is 0 Å². The predicted molar refractivity (Wildman–Crippen MR) is 169 cm³/mol. The molecule has 0 bridgehead atoms. The lowest BCUT2D eigenvalue weighted by atomic mass is 9.98. The van der Waals surface area contributed by atoms with Crippen molar-refractivity contribution in [3.63, 3.8) is 0 Å². The third-order valence-corrected chi connectivity index (χ3v) is 7.26. The van der Waals surface area contributed by atoms with Gasteiger partial charge < -0.3 is 24.3 Å². The fraction of sp³-hybridized carbons (Fsp3) is 0.270. The average molecular weight is 608 g/mol. The van der Waals surface area contributed by atoms with Crippen LogP contribution in [-0.2, 0) is 37.0 Å². The molecule has 4 aromatic carbocycles. The molecule has 232 valence electrons. The van der Waals surface area contributed by atoms with E-state index in [-0.39, 0.29) is 19.1 Å². The van der Waals surface area contributed by atoms with Gasteiger partial charge in [-0.05, 0) is 66.3 Å². The van der Waals surface area contributed by atoms with Gasteiger partial charge in [-0.1, -0.05) is 91.0 Å². The van der Waals surface area contributed by atoms with Gasteiger partial charge >= 0.3 is 18.0 Å². The summed E-state index contributed by atoms with van der Waals surface area (Å²) in [7, 11) is 0. The summed E-state index contributed by atoms with van der Waals surface area (Å²) in [5, 5.41) is 2.53. The van der Waals surface area contributed by atoms with Gasteiger partial charge in [0.25, 0.3) is 0 Å². The quantitative estimate of drug-likeness (QED) is 0.146. The minimum Gasteiger partial charge on any atom is -0.489 e. The number of carbonyl (C=O) groups excluding carboxylic acids is 3. The molecule has 0 radical (unpaired) electrons. The molecule has 8 heteroatoms. The summed E-state index contributed by atoms with van der Waals surface area (Å²) >= 11 is 0. The number of carbonyl (C=O) groups is 3. The van der Waals surface area contributed by atoms with Crippen molar-refractivity contribution in [2.24, 2.45) is 0 Å². The van der Waals surface area contributed by atoms with Crippen molar-refractivity contribution >= 4 is 18.0 Å².